The van der Waals surface area contributed by atoms with Crippen molar-refractivity contribution in [3.05, 3.63) is 240 Å². The van der Waals surface area contributed by atoms with E-state index in [1.165, 1.54) is 132 Å². The quantitative estimate of drug-likeness (QED) is 0.173. The van der Waals surface area contributed by atoms with Gasteiger partial charge in [-0.15, -0.1) is 0 Å². The molecular formula is C72H52N4. The Kier molecular flexibility index (Phi) is 7.93. The molecule has 0 radical (unpaired) electrons. The monoisotopic (exact) mass is 972 g/mol. The molecule has 0 aliphatic heterocycles. The second-order valence-corrected chi connectivity index (χ2v) is 23.5. The van der Waals surface area contributed by atoms with E-state index in [2.05, 4.69) is 255 Å². The largest absolute Gasteiger partial charge is 0.309 e. The number of pyridine rings is 1. The number of fused-ring (bicyclic) bond motifs is 19. The summed E-state index contributed by atoms with van der Waals surface area (Å²) in [5, 5.41) is 8.56. The number of benzene rings is 10. The van der Waals surface area contributed by atoms with Crippen molar-refractivity contribution in [2.75, 3.05) is 0 Å². The molecule has 4 aromatic heterocycles. The summed E-state index contributed by atoms with van der Waals surface area (Å²) in [4.78, 5) is 5.46. The molecule has 17 rings (SSSR count). The molecule has 3 aliphatic rings. The summed E-state index contributed by atoms with van der Waals surface area (Å²) in [7, 11) is 0. The Hall–Kier alpha value is -8.99. The Labute approximate surface area is 440 Å². The molecule has 360 valence electrons. The number of aromatic nitrogens is 4. The van der Waals surface area contributed by atoms with Crippen molar-refractivity contribution >= 4 is 76.3 Å². The molecule has 0 spiro atoms. The van der Waals surface area contributed by atoms with E-state index in [4.69, 9.17) is 4.98 Å². The molecule has 0 atom stereocenters. The third kappa shape index (κ3) is 5.17. The Bertz CT molecular complexity index is 4970. The molecule has 0 amide bonds. The van der Waals surface area contributed by atoms with Crippen LogP contribution in [-0.2, 0) is 16.2 Å². The summed E-state index contributed by atoms with van der Waals surface area (Å²) in [6.07, 6.45) is 2.04. The zero-order valence-electron chi connectivity index (χ0n) is 43.4. The third-order valence-electron chi connectivity index (χ3n) is 18.7. The van der Waals surface area contributed by atoms with Gasteiger partial charge in [-0.05, 0) is 140 Å². The minimum Gasteiger partial charge on any atom is -0.309 e. The smallest absolute Gasteiger partial charge is 0.0765 e. The first-order valence-corrected chi connectivity index (χ1v) is 26.9. The van der Waals surface area contributed by atoms with E-state index in [0.717, 1.165) is 28.0 Å². The Balaban J connectivity index is 1.02. The first kappa shape index (κ1) is 42.4. The summed E-state index contributed by atoms with van der Waals surface area (Å²) < 4.78 is 7.65. The molecule has 76 heavy (non-hydrogen) atoms. The zero-order valence-corrected chi connectivity index (χ0v) is 43.4. The molecule has 0 saturated heterocycles. The minimum atomic E-state index is -0.189. The molecule has 0 bridgehead atoms. The van der Waals surface area contributed by atoms with Crippen LogP contribution in [0.4, 0.5) is 0 Å². The first-order valence-electron chi connectivity index (χ1n) is 26.9. The Morgan fingerprint density at radius 3 is 1.11 bits per heavy atom. The van der Waals surface area contributed by atoms with E-state index < -0.39 is 0 Å². The van der Waals surface area contributed by atoms with Crippen LogP contribution in [0, 0.1) is 0 Å². The lowest BCUT2D eigenvalue weighted by Gasteiger charge is -2.23. The van der Waals surface area contributed by atoms with Gasteiger partial charge < -0.3 is 13.7 Å². The molecule has 4 heteroatoms. The standard InChI is InChI=1S/C72H52N4/c1-70(2)54-25-13-7-19-42(54)48-35-51-45-22-10-16-28-61(45)74(65(51)38-57(48)70)41-33-60-69(68(34-41)76-63-30-18-12-24-47(63)53-37-50-44-21-9-15-27-56(44)72(5,6)59(50)40-67(53)76)64(31-32-73-60)75-62-29-17-11-23-46(62)52-36-49-43-20-8-14-26-55(43)71(3,4)58(49)39-66(52)75/h7-40H,1-6H3. The van der Waals surface area contributed by atoms with Crippen molar-refractivity contribution in [3.63, 3.8) is 0 Å². The molecule has 0 unspecified atom stereocenters. The lowest BCUT2D eigenvalue weighted by atomic mass is 9.82. The summed E-state index contributed by atoms with van der Waals surface area (Å²) >= 11 is 0. The average molecular weight is 973 g/mol. The van der Waals surface area contributed by atoms with Gasteiger partial charge in [0.05, 0.1) is 55.7 Å². The van der Waals surface area contributed by atoms with Crippen molar-refractivity contribution in [2.24, 2.45) is 0 Å². The molecule has 14 aromatic rings. The molecule has 4 nitrogen and oxygen atoms in total. The lowest BCUT2D eigenvalue weighted by Crippen LogP contribution is -2.15. The van der Waals surface area contributed by atoms with Crippen LogP contribution in [0.3, 0.4) is 0 Å². The van der Waals surface area contributed by atoms with Crippen molar-refractivity contribution in [2.45, 2.75) is 57.8 Å². The van der Waals surface area contributed by atoms with Crippen LogP contribution in [-0.4, -0.2) is 18.7 Å². The van der Waals surface area contributed by atoms with Crippen molar-refractivity contribution < 1.29 is 0 Å². The maximum absolute atomic E-state index is 5.46. The van der Waals surface area contributed by atoms with E-state index in [0.29, 0.717) is 0 Å². The predicted molar refractivity (Wildman–Crippen MR) is 317 cm³/mol. The van der Waals surface area contributed by atoms with Gasteiger partial charge in [0.25, 0.3) is 0 Å². The highest BCUT2D eigenvalue weighted by molar-refractivity contribution is 6.17. The maximum Gasteiger partial charge on any atom is 0.0765 e. The molecule has 4 heterocycles. The zero-order chi connectivity index (χ0) is 50.7. The number of para-hydroxylation sites is 3. The normalized spacial score (nSPS) is 15.3. The van der Waals surface area contributed by atoms with Gasteiger partial charge in [0.15, 0.2) is 0 Å². The van der Waals surface area contributed by atoms with Gasteiger partial charge in [0.2, 0.25) is 0 Å². The van der Waals surface area contributed by atoms with Gasteiger partial charge in [0.1, 0.15) is 0 Å². The van der Waals surface area contributed by atoms with Gasteiger partial charge in [-0.25, -0.2) is 0 Å². The van der Waals surface area contributed by atoms with E-state index in [9.17, 15) is 0 Å². The molecule has 3 aliphatic carbocycles. The molecule has 0 N–H and O–H groups in total. The lowest BCUT2D eigenvalue weighted by molar-refractivity contribution is 0.661. The minimum absolute atomic E-state index is 0.163. The SMILES string of the molecule is CC1(C)c2ccccc2-c2cc3c4ccccc4n(-c4cc(-n5c6ccccc6c6cc7c(cc65)C(C)(C)c5ccccc5-7)c5c(-n6c7ccccc7c7cc8c(cc76)C(C)(C)c6ccccc6-8)ccnc5c4)c3cc21. The molecule has 0 saturated carbocycles. The maximum atomic E-state index is 5.46. The number of hydrogen-bond donors (Lipinski definition) is 0. The van der Waals surface area contributed by atoms with Crippen LogP contribution in [0.1, 0.15) is 74.9 Å². The fourth-order valence-electron chi connectivity index (χ4n) is 15.0. The molecular weight excluding hydrogens is 921 g/mol. The molecule has 0 fully saturated rings. The van der Waals surface area contributed by atoms with Crippen molar-refractivity contribution in [1.29, 1.82) is 0 Å². The number of hydrogen-bond acceptors (Lipinski definition) is 1. The van der Waals surface area contributed by atoms with E-state index in [-0.39, 0.29) is 16.2 Å². The predicted octanol–water partition coefficient (Wildman–Crippen LogP) is 18.4. The topological polar surface area (TPSA) is 27.7 Å². The number of nitrogens with zero attached hydrogens (tertiary/aromatic N) is 4. The van der Waals surface area contributed by atoms with Crippen LogP contribution >= 0.6 is 0 Å². The Morgan fingerprint density at radius 1 is 0.289 bits per heavy atom. The van der Waals surface area contributed by atoms with E-state index in [1.807, 2.05) is 6.20 Å². The van der Waals surface area contributed by atoms with Crippen LogP contribution in [0.2, 0.25) is 0 Å². The van der Waals surface area contributed by atoms with Gasteiger partial charge in [-0.2, -0.15) is 0 Å². The van der Waals surface area contributed by atoms with Gasteiger partial charge >= 0.3 is 0 Å². The summed E-state index contributed by atoms with van der Waals surface area (Å²) in [5.41, 5.74) is 26.9. The van der Waals surface area contributed by atoms with E-state index in [1.54, 1.807) is 0 Å². The average Bonchev–Trinajstić information content (AvgIpc) is 4.40. The highest BCUT2D eigenvalue weighted by atomic mass is 15.0. The second kappa shape index (κ2) is 14.2. The van der Waals surface area contributed by atoms with Crippen molar-refractivity contribution in [1.82, 2.24) is 18.7 Å². The Morgan fingerprint density at radius 2 is 0.658 bits per heavy atom. The van der Waals surface area contributed by atoms with Gasteiger partial charge in [0, 0.05) is 60.1 Å². The fraction of sp³-hybridized carbons (Fsp3) is 0.125. The van der Waals surface area contributed by atoms with Gasteiger partial charge in [-0.1, -0.05) is 169 Å². The highest BCUT2D eigenvalue weighted by Gasteiger charge is 2.39. The van der Waals surface area contributed by atoms with Crippen LogP contribution in [0.5, 0.6) is 0 Å². The fourth-order valence-corrected chi connectivity index (χ4v) is 15.0. The summed E-state index contributed by atoms with van der Waals surface area (Å²) in [5.74, 6) is 0. The summed E-state index contributed by atoms with van der Waals surface area (Å²) in [6, 6.07) is 76.1. The highest BCUT2D eigenvalue weighted by Crippen LogP contribution is 2.55. The first-order chi connectivity index (χ1) is 37.0. The van der Waals surface area contributed by atoms with Crippen molar-refractivity contribution in [3.8, 4) is 50.4 Å². The molecule has 10 aromatic carbocycles. The summed E-state index contributed by atoms with van der Waals surface area (Å²) in [6.45, 7) is 14.3. The van der Waals surface area contributed by atoms with Crippen LogP contribution in [0.25, 0.3) is 127 Å². The number of rotatable bonds is 3. The van der Waals surface area contributed by atoms with E-state index >= 15 is 0 Å². The third-order valence-corrected chi connectivity index (χ3v) is 18.7. The van der Waals surface area contributed by atoms with Crippen LogP contribution < -0.4 is 0 Å². The van der Waals surface area contributed by atoms with Gasteiger partial charge in [-0.3, -0.25) is 4.98 Å². The van der Waals surface area contributed by atoms with Crippen LogP contribution in [0.15, 0.2) is 206 Å². The second-order valence-electron chi connectivity index (χ2n) is 23.5.